The van der Waals surface area contributed by atoms with Crippen LogP contribution in [-0.4, -0.2) is 23.9 Å². The lowest BCUT2D eigenvalue weighted by atomic mass is 10.1. The Balaban J connectivity index is 1.93. The quantitative estimate of drug-likeness (QED) is 0.693. The van der Waals surface area contributed by atoms with Crippen molar-refractivity contribution >= 4 is 12.0 Å². The Morgan fingerprint density at radius 3 is 2.50 bits per heavy atom. The van der Waals surface area contributed by atoms with Gasteiger partial charge in [-0.05, 0) is 30.9 Å². The van der Waals surface area contributed by atoms with Crippen LogP contribution in [0.4, 0.5) is 0 Å². The summed E-state index contributed by atoms with van der Waals surface area (Å²) in [4.78, 5) is 13.7. The Kier molecular flexibility index (Phi) is 3.76. The van der Waals surface area contributed by atoms with Gasteiger partial charge in [0.25, 0.3) is 0 Å². The van der Waals surface area contributed by atoms with Crippen molar-refractivity contribution in [2.75, 3.05) is 13.1 Å². The van der Waals surface area contributed by atoms with E-state index in [1.165, 1.54) is 0 Å². The number of hydrogen-bond donors (Lipinski definition) is 0. The maximum absolute atomic E-state index is 11.8. The molecule has 1 heterocycles. The van der Waals surface area contributed by atoms with E-state index in [1.807, 2.05) is 41.3 Å². The first kappa shape index (κ1) is 10.9. The Hall–Kier alpha value is -1.57. The normalized spacial score (nSPS) is 16.6. The molecule has 0 spiro atoms. The van der Waals surface area contributed by atoms with E-state index in [-0.39, 0.29) is 5.91 Å². The van der Waals surface area contributed by atoms with Crippen molar-refractivity contribution in [3.05, 3.63) is 48.4 Å². The highest BCUT2D eigenvalue weighted by Gasteiger charge is 2.13. The van der Waals surface area contributed by atoms with E-state index in [9.17, 15) is 4.79 Å². The second kappa shape index (κ2) is 5.50. The van der Waals surface area contributed by atoms with Crippen molar-refractivity contribution in [2.45, 2.75) is 12.8 Å². The van der Waals surface area contributed by atoms with Gasteiger partial charge in [-0.2, -0.15) is 0 Å². The minimum absolute atomic E-state index is 0.122. The van der Waals surface area contributed by atoms with Crippen LogP contribution in [0, 0.1) is 6.42 Å². The minimum Gasteiger partial charge on any atom is -0.339 e. The highest BCUT2D eigenvalue weighted by Crippen LogP contribution is 2.09. The van der Waals surface area contributed by atoms with Crippen molar-refractivity contribution in [1.82, 2.24) is 4.90 Å². The third-order valence-electron chi connectivity index (χ3n) is 2.74. The fourth-order valence-corrected chi connectivity index (χ4v) is 1.81. The first-order valence-corrected chi connectivity index (χ1v) is 5.70. The Bertz CT molecular complexity index is 364. The molecule has 0 aliphatic carbocycles. The van der Waals surface area contributed by atoms with Crippen LogP contribution in [0.2, 0.25) is 0 Å². The molecule has 2 rings (SSSR count). The maximum atomic E-state index is 11.8. The smallest absolute Gasteiger partial charge is 0.246 e. The molecular formula is C14H16NO. The predicted octanol–water partition coefficient (Wildman–Crippen LogP) is 2.53. The fourth-order valence-electron chi connectivity index (χ4n) is 1.81. The topological polar surface area (TPSA) is 20.3 Å². The van der Waals surface area contributed by atoms with Crippen LogP contribution in [0.3, 0.4) is 0 Å². The molecule has 0 unspecified atom stereocenters. The molecule has 1 aliphatic heterocycles. The molecule has 1 radical (unpaired) electrons. The Labute approximate surface area is 96.6 Å². The van der Waals surface area contributed by atoms with Gasteiger partial charge < -0.3 is 4.90 Å². The molecule has 0 aromatic heterocycles. The van der Waals surface area contributed by atoms with Gasteiger partial charge in [-0.15, -0.1) is 0 Å². The van der Waals surface area contributed by atoms with Crippen LogP contribution in [0.15, 0.2) is 36.4 Å². The summed E-state index contributed by atoms with van der Waals surface area (Å²) in [6, 6.07) is 9.90. The highest BCUT2D eigenvalue weighted by atomic mass is 16.2. The largest absolute Gasteiger partial charge is 0.339 e. The summed E-state index contributed by atoms with van der Waals surface area (Å²) in [6.07, 6.45) is 7.82. The molecule has 0 bridgehead atoms. The molecule has 1 saturated heterocycles. The predicted molar refractivity (Wildman–Crippen MR) is 65.6 cm³/mol. The molecule has 1 aromatic carbocycles. The lowest BCUT2D eigenvalue weighted by Crippen LogP contribution is -2.34. The summed E-state index contributed by atoms with van der Waals surface area (Å²) in [7, 11) is 0. The standard InChI is InChI=1S/C14H16NO/c16-14(15-11-5-2-6-12-15)10-9-13-7-3-1-4-8-13/h1-4,7-10H,5-6,11-12H2. The van der Waals surface area contributed by atoms with E-state index in [1.54, 1.807) is 6.08 Å². The van der Waals surface area contributed by atoms with E-state index in [0.717, 1.165) is 31.5 Å². The van der Waals surface area contributed by atoms with Crippen molar-refractivity contribution < 1.29 is 4.79 Å². The van der Waals surface area contributed by atoms with E-state index < -0.39 is 0 Å². The minimum atomic E-state index is 0.122. The lowest BCUT2D eigenvalue weighted by Gasteiger charge is -2.25. The van der Waals surface area contributed by atoms with Gasteiger partial charge in [0.05, 0.1) is 0 Å². The molecule has 0 atom stereocenters. The van der Waals surface area contributed by atoms with E-state index in [0.29, 0.717) is 0 Å². The highest BCUT2D eigenvalue weighted by molar-refractivity contribution is 5.91. The first-order valence-electron chi connectivity index (χ1n) is 5.70. The third-order valence-corrected chi connectivity index (χ3v) is 2.74. The van der Waals surface area contributed by atoms with Gasteiger partial charge in [0, 0.05) is 19.2 Å². The zero-order valence-corrected chi connectivity index (χ0v) is 9.30. The molecule has 2 nitrogen and oxygen atoms in total. The lowest BCUT2D eigenvalue weighted by molar-refractivity contribution is -0.126. The van der Waals surface area contributed by atoms with Crippen molar-refractivity contribution in [2.24, 2.45) is 0 Å². The van der Waals surface area contributed by atoms with Crippen molar-refractivity contribution in [3.8, 4) is 0 Å². The molecule has 1 amide bonds. The van der Waals surface area contributed by atoms with Gasteiger partial charge in [-0.3, -0.25) is 4.79 Å². The number of likely N-dealkylation sites (tertiary alicyclic amines) is 1. The zero-order valence-electron chi connectivity index (χ0n) is 9.30. The van der Waals surface area contributed by atoms with Gasteiger partial charge in [0.15, 0.2) is 0 Å². The number of piperidine rings is 1. The first-order chi connectivity index (χ1) is 7.86. The van der Waals surface area contributed by atoms with Gasteiger partial charge >= 0.3 is 0 Å². The molecule has 0 N–H and O–H groups in total. The number of carbonyl (C=O) groups excluding carboxylic acids is 1. The number of carbonyl (C=O) groups is 1. The van der Waals surface area contributed by atoms with Crippen LogP contribution < -0.4 is 0 Å². The van der Waals surface area contributed by atoms with Crippen LogP contribution >= 0.6 is 0 Å². The average Bonchev–Trinajstić information content (AvgIpc) is 2.38. The summed E-state index contributed by atoms with van der Waals surface area (Å²) in [5, 5.41) is 0. The van der Waals surface area contributed by atoms with Gasteiger partial charge in [0.2, 0.25) is 5.91 Å². The second-order valence-corrected chi connectivity index (χ2v) is 3.94. The Morgan fingerprint density at radius 2 is 1.81 bits per heavy atom. The third kappa shape index (κ3) is 2.96. The summed E-state index contributed by atoms with van der Waals surface area (Å²) in [5.74, 6) is 0.122. The van der Waals surface area contributed by atoms with Crippen LogP contribution in [0.1, 0.15) is 18.4 Å². The average molecular weight is 214 g/mol. The molecule has 1 aliphatic rings. The summed E-state index contributed by atoms with van der Waals surface area (Å²) in [6.45, 7) is 1.72. The maximum Gasteiger partial charge on any atom is 0.246 e. The van der Waals surface area contributed by atoms with Crippen LogP contribution in [0.25, 0.3) is 6.08 Å². The van der Waals surface area contributed by atoms with E-state index in [2.05, 4.69) is 6.42 Å². The number of amides is 1. The van der Waals surface area contributed by atoms with Crippen molar-refractivity contribution in [1.29, 1.82) is 0 Å². The van der Waals surface area contributed by atoms with Crippen LogP contribution in [-0.2, 0) is 4.79 Å². The summed E-state index contributed by atoms with van der Waals surface area (Å²) < 4.78 is 0. The molecule has 1 fully saturated rings. The SMILES string of the molecule is O=C(C=Cc1ccccc1)N1CC[CH]CC1. The number of nitrogens with zero attached hydrogens (tertiary/aromatic N) is 1. The Morgan fingerprint density at radius 1 is 1.12 bits per heavy atom. The molecular weight excluding hydrogens is 198 g/mol. The fraction of sp³-hybridized carbons (Fsp3) is 0.286. The monoisotopic (exact) mass is 214 g/mol. The van der Waals surface area contributed by atoms with E-state index >= 15 is 0 Å². The van der Waals surface area contributed by atoms with Crippen molar-refractivity contribution in [3.63, 3.8) is 0 Å². The second-order valence-electron chi connectivity index (χ2n) is 3.94. The van der Waals surface area contributed by atoms with E-state index in [4.69, 9.17) is 0 Å². The summed E-state index contributed by atoms with van der Waals surface area (Å²) >= 11 is 0. The number of rotatable bonds is 2. The van der Waals surface area contributed by atoms with Gasteiger partial charge in [-0.25, -0.2) is 0 Å². The van der Waals surface area contributed by atoms with Crippen LogP contribution in [0.5, 0.6) is 0 Å². The van der Waals surface area contributed by atoms with Gasteiger partial charge in [-0.1, -0.05) is 30.3 Å². The zero-order chi connectivity index (χ0) is 11.2. The number of hydrogen-bond acceptors (Lipinski definition) is 1. The molecule has 2 heteroatoms. The number of benzene rings is 1. The summed E-state index contributed by atoms with van der Waals surface area (Å²) in [5.41, 5.74) is 1.07. The molecule has 0 saturated carbocycles. The van der Waals surface area contributed by atoms with Gasteiger partial charge in [0.1, 0.15) is 0 Å². The molecule has 16 heavy (non-hydrogen) atoms. The molecule has 1 aromatic rings. The molecule has 83 valence electrons.